The Hall–Kier alpha value is -3.36. The lowest BCUT2D eigenvalue weighted by Gasteiger charge is -2.25. The van der Waals surface area contributed by atoms with E-state index >= 15 is 0 Å². The van der Waals surface area contributed by atoms with E-state index in [0.717, 1.165) is 4.90 Å². The maximum Gasteiger partial charge on any atom is 0.337 e. The summed E-state index contributed by atoms with van der Waals surface area (Å²) in [6.07, 6.45) is 0. The molecule has 0 aliphatic carbocycles. The molecule has 2 aliphatic heterocycles. The van der Waals surface area contributed by atoms with Crippen LogP contribution in [0.3, 0.4) is 0 Å². The Kier molecular flexibility index (Phi) is 4.85. The van der Waals surface area contributed by atoms with Crippen LogP contribution in [0, 0.1) is 0 Å². The van der Waals surface area contributed by atoms with Gasteiger partial charge in [-0.1, -0.05) is 30.3 Å². The third-order valence-corrected chi connectivity index (χ3v) is 4.52. The summed E-state index contributed by atoms with van der Waals surface area (Å²) < 4.78 is 4.98. The second-order valence-electron chi connectivity index (χ2n) is 6.30. The number of imide groups is 1. The van der Waals surface area contributed by atoms with Gasteiger partial charge in [-0.3, -0.25) is 9.69 Å². The zero-order valence-electron chi connectivity index (χ0n) is 15.0. The smallest absolute Gasteiger partial charge is 0.337 e. The van der Waals surface area contributed by atoms with E-state index in [4.69, 9.17) is 4.74 Å². The first-order valence-electron chi connectivity index (χ1n) is 8.50. The molecule has 0 bridgehead atoms. The number of rotatable bonds is 5. The minimum Gasteiger partial charge on any atom is -0.463 e. The molecule has 142 valence electrons. The predicted molar refractivity (Wildman–Crippen MR) is 94.2 cm³/mol. The molecule has 1 fully saturated rings. The lowest BCUT2D eigenvalue weighted by molar-refractivity contribution is -0.139. The van der Waals surface area contributed by atoms with Crippen molar-refractivity contribution in [1.82, 2.24) is 20.9 Å². The Balaban J connectivity index is 1.89. The molecule has 1 aromatic carbocycles. The Morgan fingerprint density at radius 1 is 1.22 bits per heavy atom. The fraction of sp³-hybridized carbons (Fsp3) is 0.333. The number of hydrogen-bond donors (Lipinski definition) is 3. The van der Waals surface area contributed by atoms with Gasteiger partial charge >= 0.3 is 18.0 Å². The molecule has 27 heavy (non-hydrogen) atoms. The number of urea groups is 2. The van der Waals surface area contributed by atoms with Crippen LogP contribution < -0.4 is 16.0 Å². The number of esters is 1. The second kappa shape index (κ2) is 7.10. The van der Waals surface area contributed by atoms with Crippen LogP contribution in [0.15, 0.2) is 41.6 Å². The standard InChI is InChI=1S/C18H20N4O5/c1-3-27-14(23)12-9-19-16(25)20-13(12)10-22-15(24)18(2,21-17(22)26)11-7-5-4-6-8-11/h4-8H,3,9-10H2,1-2H3,(H,21,26)(H2,19,20,25). The number of ether oxygens (including phenoxy) is 1. The van der Waals surface area contributed by atoms with E-state index in [1.165, 1.54) is 0 Å². The predicted octanol–water partition coefficient (Wildman–Crippen LogP) is 0.584. The van der Waals surface area contributed by atoms with E-state index < -0.39 is 29.5 Å². The quantitative estimate of drug-likeness (QED) is 0.516. The molecular formula is C18H20N4O5. The molecule has 9 heteroatoms. The lowest BCUT2D eigenvalue weighted by Crippen LogP contribution is -2.48. The molecule has 1 saturated heterocycles. The maximum atomic E-state index is 13.0. The van der Waals surface area contributed by atoms with Crippen LogP contribution in [0.1, 0.15) is 19.4 Å². The molecule has 5 amide bonds. The first-order valence-corrected chi connectivity index (χ1v) is 8.50. The highest BCUT2D eigenvalue weighted by atomic mass is 16.5. The summed E-state index contributed by atoms with van der Waals surface area (Å²) in [7, 11) is 0. The number of nitrogens with one attached hydrogen (secondary N) is 3. The van der Waals surface area contributed by atoms with Gasteiger partial charge in [0.1, 0.15) is 5.54 Å². The van der Waals surface area contributed by atoms with Crippen molar-refractivity contribution in [3.05, 3.63) is 47.2 Å². The van der Waals surface area contributed by atoms with Gasteiger partial charge in [-0.05, 0) is 19.4 Å². The molecule has 0 spiro atoms. The highest BCUT2D eigenvalue weighted by Crippen LogP contribution is 2.29. The Morgan fingerprint density at radius 3 is 2.59 bits per heavy atom. The van der Waals surface area contributed by atoms with Crippen LogP contribution in [-0.4, -0.2) is 48.5 Å². The lowest BCUT2D eigenvalue weighted by atomic mass is 9.92. The third-order valence-electron chi connectivity index (χ3n) is 4.52. The normalized spacial score (nSPS) is 22.3. The maximum absolute atomic E-state index is 13.0. The minimum absolute atomic E-state index is 0.0421. The molecule has 2 aliphatic rings. The van der Waals surface area contributed by atoms with Gasteiger partial charge in [0.25, 0.3) is 5.91 Å². The van der Waals surface area contributed by atoms with Crippen molar-refractivity contribution < 1.29 is 23.9 Å². The van der Waals surface area contributed by atoms with Crippen molar-refractivity contribution in [3.63, 3.8) is 0 Å². The van der Waals surface area contributed by atoms with Gasteiger partial charge in [-0.15, -0.1) is 0 Å². The second-order valence-corrected chi connectivity index (χ2v) is 6.30. The number of carbonyl (C=O) groups is 4. The van der Waals surface area contributed by atoms with Gasteiger partial charge in [0.05, 0.1) is 31.0 Å². The highest BCUT2D eigenvalue weighted by Gasteiger charge is 2.49. The first-order chi connectivity index (χ1) is 12.9. The van der Waals surface area contributed by atoms with Crippen molar-refractivity contribution in [2.24, 2.45) is 0 Å². The molecule has 9 nitrogen and oxygen atoms in total. The molecule has 1 aromatic rings. The molecule has 3 N–H and O–H groups in total. The third kappa shape index (κ3) is 3.35. The Morgan fingerprint density at radius 2 is 1.93 bits per heavy atom. The molecule has 1 unspecified atom stereocenters. The summed E-state index contributed by atoms with van der Waals surface area (Å²) in [6, 6.07) is 7.74. The van der Waals surface area contributed by atoms with Gasteiger partial charge < -0.3 is 20.7 Å². The molecular weight excluding hydrogens is 352 g/mol. The van der Waals surface area contributed by atoms with Crippen molar-refractivity contribution in [1.29, 1.82) is 0 Å². The van der Waals surface area contributed by atoms with E-state index in [9.17, 15) is 19.2 Å². The minimum atomic E-state index is -1.22. The van der Waals surface area contributed by atoms with Crippen LogP contribution in [0.5, 0.6) is 0 Å². The fourth-order valence-electron chi connectivity index (χ4n) is 3.05. The van der Waals surface area contributed by atoms with Crippen molar-refractivity contribution in [2.75, 3.05) is 19.7 Å². The van der Waals surface area contributed by atoms with Gasteiger partial charge in [0.15, 0.2) is 0 Å². The number of amides is 5. The zero-order chi connectivity index (χ0) is 19.6. The summed E-state index contributed by atoms with van der Waals surface area (Å²) >= 11 is 0. The van der Waals surface area contributed by atoms with Crippen LogP contribution in [0.25, 0.3) is 0 Å². The summed E-state index contributed by atoms with van der Waals surface area (Å²) in [5, 5.41) is 7.66. The summed E-state index contributed by atoms with van der Waals surface area (Å²) in [4.78, 5) is 50.2. The average molecular weight is 372 g/mol. The number of hydrogen-bond acceptors (Lipinski definition) is 5. The topological polar surface area (TPSA) is 117 Å². The SMILES string of the molecule is CCOC(=O)C1=C(CN2C(=O)NC(C)(c3ccccc3)C2=O)NC(=O)NC1. The average Bonchev–Trinajstić information content (AvgIpc) is 2.87. The number of carbonyl (C=O) groups excluding carboxylic acids is 4. The van der Waals surface area contributed by atoms with Crippen molar-refractivity contribution in [2.45, 2.75) is 19.4 Å². The summed E-state index contributed by atoms with van der Waals surface area (Å²) in [6.45, 7) is 3.16. The van der Waals surface area contributed by atoms with Crippen LogP contribution in [0.2, 0.25) is 0 Å². The van der Waals surface area contributed by atoms with E-state index in [0.29, 0.717) is 5.56 Å². The van der Waals surface area contributed by atoms with Gasteiger partial charge in [-0.25, -0.2) is 14.4 Å². The highest BCUT2D eigenvalue weighted by molar-refractivity contribution is 6.07. The largest absolute Gasteiger partial charge is 0.463 e. The van der Waals surface area contributed by atoms with Crippen LogP contribution in [0.4, 0.5) is 9.59 Å². The van der Waals surface area contributed by atoms with Crippen LogP contribution >= 0.6 is 0 Å². The monoisotopic (exact) mass is 372 g/mol. The number of benzene rings is 1. The molecule has 0 radical (unpaired) electrons. The Labute approximate surface area is 155 Å². The zero-order valence-corrected chi connectivity index (χ0v) is 15.0. The molecule has 0 aromatic heterocycles. The van der Waals surface area contributed by atoms with Crippen LogP contribution in [-0.2, 0) is 19.9 Å². The van der Waals surface area contributed by atoms with Gasteiger partial charge in [0, 0.05) is 0 Å². The molecule has 3 rings (SSSR count). The Bertz CT molecular complexity index is 835. The van der Waals surface area contributed by atoms with E-state index in [-0.39, 0.29) is 31.0 Å². The van der Waals surface area contributed by atoms with Gasteiger partial charge in [-0.2, -0.15) is 0 Å². The first kappa shape index (κ1) is 18.4. The molecule has 2 heterocycles. The van der Waals surface area contributed by atoms with E-state index in [1.54, 1.807) is 38.1 Å². The van der Waals surface area contributed by atoms with E-state index in [1.807, 2.05) is 6.07 Å². The van der Waals surface area contributed by atoms with Crippen molar-refractivity contribution >= 4 is 23.9 Å². The van der Waals surface area contributed by atoms with Gasteiger partial charge in [0.2, 0.25) is 0 Å². The summed E-state index contributed by atoms with van der Waals surface area (Å²) in [5.74, 6) is -1.08. The number of nitrogens with zero attached hydrogens (tertiary/aromatic N) is 1. The molecule has 0 saturated carbocycles. The fourth-order valence-corrected chi connectivity index (χ4v) is 3.05. The van der Waals surface area contributed by atoms with E-state index in [2.05, 4.69) is 16.0 Å². The van der Waals surface area contributed by atoms with Crippen molar-refractivity contribution in [3.8, 4) is 0 Å². The molecule has 1 atom stereocenters. The summed E-state index contributed by atoms with van der Waals surface area (Å²) in [5.41, 5.74) is -0.247.